The van der Waals surface area contributed by atoms with Gasteiger partial charge in [0.25, 0.3) is 5.91 Å². The van der Waals surface area contributed by atoms with E-state index < -0.39 is 0 Å². The van der Waals surface area contributed by atoms with E-state index in [-0.39, 0.29) is 24.4 Å². The number of hydrogen-bond donors (Lipinski definition) is 2. The second-order valence-electron chi connectivity index (χ2n) is 4.46. The highest BCUT2D eigenvalue weighted by Crippen LogP contribution is 2.15. The van der Waals surface area contributed by atoms with E-state index in [0.717, 1.165) is 10.8 Å². The molecule has 1 atom stereocenters. The summed E-state index contributed by atoms with van der Waals surface area (Å²) in [5.74, 6) is -0.0251. The van der Waals surface area contributed by atoms with E-state index in [1.165, 1.54) is 0 Å². The quantitative estimate of drug-likeness (QED) is 0.903. The number of carbonyl (C=O) groups is 1. The first-order valence-electron chi connectivity index (χ1n) is 6.15. The summed E-state index contributed by atoms with van der Waals surface area (Å²) in [5, 5.41) is 8.24. The number of rotatable bonds is 4. The van der Waals surface area contributed by atoms with Crippen LogP contribution < -0.4 is 10.6 Å². The van der Waals surface area contributed by atoms with Crippen molar-refractivity contribution in [2.45, 2.75) is 13.0 Å². The molecule has 0 aliphatic carbocycles. The van der Waals surface area contributed by atoms with Gasteiger partial charge in [-0.3, -0.25) is 4.79 Å². The summed E-state index contributed by atoms with van der Waals surface area (Å²) < 4.78 is 0. The predicted molar refractivity (Wildman–Crippen MR) is 82.1 cm³/mol. The van der Waals surface area contributed by atoms with Crippen molar-refractivity contribution in [2.75, 3.05) is 13.6 Å². The molecule has 0 aliphatic rings. The Morgan fingerprint density at radius 1 is 1.16 bits per heavy atom. The molecule has 0 saturated heterocycles. The highest BCUT2D eigenvalue weighted by Gasteiger charge is 2.07. The molecule has 0 fully saturated rings. The number of fused-ring (bicyclic) bond motifs is 1. The second-order valence-corrected chi connectivity index (χ2v) is 4.46. The molecule has 2 aromatic carbocycles. The maximum atomic E-state index is 12.0. The van der Waals surface area contributed by atoms with Crippen LogP contribution >= 0.6 is 12.4 Å². The predicted octanol–water partition coefficient (Wildman–Crippen LogP) is 2.60. The van der Waals surface area contributed by atoms with Crippen LogP contribution in [0.1, 0.15) is 17.3 Å². The highest BCUT2D eigenvalue weighted by molar-refractivity contribution is 5.98. The molecule has 0 heterocycles. The Balaban J connectivity index is 0.00000180. The zero-order valence-corrected chi connectivity index (χ0v) is 12.0. The fourth-order valence-corrected chi connectivity index (χ4v) is 1.78. The molecule has 0 spiro atoms. The minimum absolute atomic E-state index is 0. The van der Waals surface area contributed by atoms with E-state index in [2.05, 4.69) is 10.6 Å². The Kier molecular flexibility index (Phi) is 5.80. The van der Waals surface area contributed by atoms with Gasteiger partial charge in [0.15, 0.2) is 0 Å². The average molecular weight is 279 g/mol. The molecule has 102 valence electrons. The third kappa shape index (κ3) is 3.94. The first-order valence-corrected chi connectivity index (χ1v) is 6.15. The zero-order valence-electron chi connectivity index (χ0n) is 11.1. The molecular weight excluding hydrogens is 260 g/mol. The lowest BCUT2D eigenvalue weighted by molar-refractivity contribution is 0.0950. The number of likely N-dealkylation sites (N-methyl/N-ethyl adjacent to an activating group) is 1. The number of carbonyl (C=O) groups excluding carboxylic acids is 1. The van der Waals surface area contributed by atoms with Crippen LogP contribution in [0.15, 0.2) is 42.5 Å². The summed E-state index contributed by atoms with van der Waals surface area (Å²) >= 11 is 0. The van der Waals surface area contributed by atoms with Gasteiger partial charge in [0.2, 0.25) is 0 Å². The molecule has 2 rings (SSSR count). The van der Waals surface area contributed by atoms with E-state index in [4.69, 9.17) is 0 Å². The number of amides is 1. The van der Waals surface area contributed by atoms with E-state index in [9.17, 15) is 4.79 Å². The number of nitrogens with one attached hydrogen (secondary N) is 2. The summed E-state index contributed by atoms with van der Waals surface area (Å²) in [6, 6.07) is 14.1. The van der Waals surface area contributed by atoms with Gasteiger partial charge in [0.1, 0.15) is 0 Å². The Morgan fingerprint density at radius 3 is 2.53 bits per heavy atom. The lowest BCUT2D eigenvalue weighted by Crippen LogP contribution is -2.37. The van der Waals surface area contributed by atoms with Crippen LogP contribution in [0, 0.1) is 0 Å². The van der Waals surface area contributed by atoms with Gasteiger partial charge >= 0.3 is 0 Å². The van der Waals surface area contributed by atoms with Crippen LogP contribution in [-0.2, 0) is 0 Å². The maximum Gasteiger partial charge on any atom is 0.251 e. The molecule has 4 heteroatoms. The van der Waals surface area contributed by atoms with Crippen molar-refractivity contribution in [1.29, 1.82) is 0 Å². The Hall–Kier alpha value is -1.58. The number of halogens is 1. The van der Waals surface area contributed by atoms with E-state index in [1.54, 1.807) is 0 Å². The average Bonchev–Trinajstić information content (AvgIpc) is 2.43. The summed E-state index contributed by atoms with van der Waals surface area (Å²) in [6.07, 6.45) is 0. The third-order valence-corrected chi connectivity index (χ3v) is 3.07. The van der Waals surface area contributed by atoms with Crippen molar-refractivity contribution in [3.63, 3.8) is 0 Å². The lowest BCUT2D eigenvalue weighted by atomic mass is 10.1. The van der Waals surface area contributed by atoms with E-state index >= 15 is 0 Å². The Labute approximate surface area is 119 Å². The van der Waals surface area contributed by atoms with Crippen LogP contribution in [0.4, 0.5) is 0 Å². The zero-order chi connectivity index (χ0) is 13.0. The second kappa shape index (κ2) is 7.12. The molecule has 2 N–H and O–H groups in total. The first kappa shape index (κ1) is 15.5. The van der Waals surface area contributed by atoms with Gasteiger partial charge in [-0.05, 0) is 36.9 Å². The topological polar surface area (TPSA) is 41.1 Å². The summed E-state index contributed by atoms with van der Waals surface area (Å²) in [4.78, 5) is 12.0. The van der Waals surface area contributed by atoms with E-state index in [0.29, 0.717) is 12.1 Å². The van der Waals surface area contributed by atoms with Gasteiger partial charge in [0, 0.05) is 18.2 Å². The van der Waals surface area contributed by atoms with Gasteiger partial charge in [0.05, 0.1) is 0 Å². The van der Waals surface area contributed by atoms with Gasteiger partial charge in [-0.2, -0.15) is 0 Å². The Bertz CT molecular complexity index is 557. The fourth-order valence-electron chi connectivity index (χ4n) is 1.78. The van der Waals surface area contributed by atoms with Crippen molar-refractivity contribution in [2.24, 2.45) is 0 Å². The van der Waals surface area contributed by atoms with Crippen LogP contribution in [0.25, 0.3) is 10.8 Å². The van der Waals surface area contributed by atoms with Crippen molar-refractivity contribution < 1.29 is 4.79 Å². The molecule has 1 amide bonds. The summed E-state index contributed by atoms with van der Waals surface area (Å²) in [7, 11) is 1.88. The molecule has 19 heavy (non-hydrogen) atoms. The Morgan fingerprint density at radius 2 is 1.84 bits per heavy atom. The van der Waals surface area contributed by atoms with Crippen LogP contribution in [0.2, 0.25) is 0 Å². The molecule has 2 aromatic rings. The lowest BCUT2D eigenvalue weighted by Gasteiger charge is -2.11. The molecule has 0 bridgehead atoms. The first-order chi connectivity index (χ1) is 8.70. The van der Waals surface area contributed by atoms with E-state index in [1.807, 2.05) is 56.4 Å². The molecule has 0 aromatic heterocycles. The molecule has 0 saturated carbocycles. The van der Waals surface area contributed by atoms with Crippen LogP contribution in [-0.4, -0.2) is 25.5 Å². The molecule has 0 radical (unpaired) electrons. The number of benzene rings is 2. The third-order valence-electron chi connectivity index (χ3n) is 3.07. The van der Waals surface area contributed by atoms with Gasteiger partial charge in [-0.15, -0.1) is 12.4 Å². The maximum absolute atomic E-state index is 12.0. The number of hydrogen-bond acceptors (Lipinski definition) is 2. The van der Waals surface area contributed by atoms with Gasteiger partial charge in [-0.1, -0.05) is 30.3 Å². The summed E-state index contributed by atoms with van der Waals surface area (Å²) in [5.41, 5.74) is 0.706. The standard InChI is InChI=1S/C15H18N2O.ClH/c1-11(16-2)10-17-15(18)14-8-7-12-5-3-4-6-13(12)9-14;/h3-9,11,16H,10H2,1-2H3,(H,17,18);1H. The monoisotopic (exact) mass is 278 g/mol. The largest absolute Gasteiger partial charge is 0.350 e. The fraction of sp³-hybridized carbons (Fsp3) is 0.267. The van der Waals surface area contributed by atoms with Crippen molar-refractivity contribution in [3.05, 3.63) is 48.0 Å². The van der Waals surface area contributed by atoms with Gasteiger partial charge < -0.3 is 10.6 Å². The van der Waals surface area contributed by atoms with Gasteiger partial charge in [-0.25, -0.2) is 0 Å². The van der Waals surface area contributed by atoms with Crippen molar-refractivity contribution in [3.8, 4) is 0 Å². The smallest absolute Gasteiger partial charge is 0.251 e. The molecule has 1 unspecified atom stereocenters. The molecule has 0 aliphatic heterocycles. The summed E-state index contributed by atoms with van der Waals surface area (Å²) in [6.45, 7) is 2.66. The van der Waals surface area contributed by atoms with Crippen LogP contribution in [0.5, 0.6) is 0 Å². The highest BCUT2D eigenvalue weighted by atomic mass is 35.5. The SMILES string of the molecule is CNC(C)CNC(=O)c1ccc2ccccc2c1.Cl. The van der Waals surface area contributed by atoms with Crippen LogP contribution in [0.3, 0.4) is 0 Å². The minimum Gasteiger partial charge on any atom is -0.350 e. The van der Waals surface area contributed by atoms with Crippen molar-refractivity contribution in [1.82, 2.24) is 10.6 Å². The molecular formula is C15H19ClN2O. The minimum atomic E-state index is -0.0251. The molecule has 3 nitrogen and oxygen atoms in total. The van der Waals surface area contributed by atoms with Crippen molar-refractivity contribution >= 4 is 29.1 Å². The normalized spacial score (nSPS) is 11.7.